The Kier molecular flexibility index (Phi) is 4.82. The third-order valence-electron chi connectivity index (χ3n) is 2.76. The van der Waals surface area contributed by atoms with Crippen molar-refractivity contribution in [3.63, 3.8) is 0 Å². The molecule has 0 saturated carbocycles. The van der Waals surface area contributed by atoms with Crippen molar-refractivity contribution in [3.05, 3.63) is 17.3 Å². The van der Waals surface area contributed by atoms with Crippen molar-refractivity contribution in [1.82, 2.24) is 10.2 Å². The van der Waals surface area contributed by atoms with Crippen LogP contribution >= 0.6 is 11.6 Å². The van der Waals surface area contributed by atoms with Crippen molar-refractivity contribution < 1.29 is 0 Å². The Bertz CT molecular complexity index is 282. The first kappa shape index (κ1) is 12.2. The summed E-state index contributed by atoms with van der Waals surface area (Å²) in [5.74, 6) is 1.46. The van der Waals surface area contributed by atoms with Gasteiger partial charge in [-0.25, -0.2) is 0 Å². The molecule has 1 unspecified atom stereocenters. The highest BCUT2D eigenvalue weighted by Crippen LogP contribution is 2.16. The van der Waals surface area contributed by atoms with E-state index < -0.39 is 0 Å². The largest absolute Gasteiger partial charge is 0.366 e. The summed E-state index contributed by atoms with van der Waals surface area (Å²) in [6, 6.07) is 4.01. The third kappa shape index (κ3) is 3.67. The Morgan fingerprint density at radius 3 is 2.40 bits per heavy atom. The minimum atomic E-state index is 0.412. The first-order valence-electron chi connectivity index (χ1n) is 5.43. The summed E-state index contributed by atoms with van der Waals surface area (Å²) in [4.78, 5) is 0. The van der Waals surface area contributed by atoms with Crippen molar-refractivity contribution in [2.75, 3.05) is 5.32 Å². The average molecular weight is 228 g/mol. The standard InChI is InChI=1S/C11H18ClN3/c1-4-9(5-2)8(3)13-11-7-6-10(12)14-15-11/h6-9H,4-5H2,1-3H3,(H,13,15). The van der Waals surface area contributed by atoms with Gasteiger partial charge in [0.15, 0.2) is 5.15 Å². The van der Waals surface area contributed by atoms with Gasteiger partial charge in [-0.2, -0.15) is 0 Å². The highest BCUT2D eigenvalue weighted by molar-refractivity contribution is 6.29. The van der Waals surface area contributed by atoms with Crippen molar-refractivity contribution in [1.29, 1.82) is 0 Å². The first-order chi connectivity index (χ1) is 7.17. The summed E-state index contributed by atoms with van der Waals surface area (Å²) >= 11 is 5.66. The van der Waals surface area contributed by atoms with Gasteiger partial charge in [-0.1, -0.05) is 38.3 Å². The Hall–Kier alpha value is -0.830. The van der Waals surface area contributed by atoms with Crippen LogP contribution in [0.3, 0.4) is 0 Å². The minimum Gasteiger partial charge on any atom is -0.366 e. The molecule has 1 N–H and O–H groups in total. The van der Waals surface area contributed by atoms with Crippen molar-refractivity contribution in [3.8, 4) is 0 Å². The van der Waals surface area contributed by atoms with Gasteiger partial charge in [-0.05, 0) is 25.0 Å². The predicted octanol–water partition coefficient (Wildman–Crippen LogP) is 3.37. The number of anilines is 1. The van der Waals surface area contributed by atoms with E-state index in [0.717, 1.165) is 5.82 Å². The van der Waals surface area contributed by atoms with Gasteiger partial charge in [0.1, 0.15) is 5.82 Å². The summed E-state index contributed by atoms with van der Waals surface area (Å²) in [5.41, 5.74) is 0. The smallest absolute Gasteiger partial charge is 0.151 e. The van der Waals surface area contributed by atoms with E-state index in [4.69, 9.17) is 11.6 Å². The third-order valence-corrected chi connectivity index (χ3v) is 2.96. The maximum atomic E-state index is 5.66. The van der Waals surface area contributed by atoms with Gasteiger partial charge >= 0.3 is 0 Å². The van der Waals surface area contributed by atoms with Crippen LogP contribution in [0.5, 0.6) is 0 Å². The number of hydrogen-bond acceptors (Lipinski definition) is 3. The van der Waals surface area contributed by atoms with Crippen LogP contribution < -0.4 is 5.32 Å². The Labute approximate surface area is 96.2 Å². The fourth-order valence-electron chi connectivity index (χ4n) is 1.74. The molecule has 0 fully saturated rings. The lowest BCUT2D eigenvalue weighted by atomic mass is 9.95. The van der Waals surface area contributed by atoms with Gasteiger partial charge in [0.2, 0.25) is 0 Å². The average Bonchev–Trinajstić information content (AvgIpc) is 2.23. The number of nitrogens with zero attached hydrogens (tertiary/aromatic N) is 2. The van der Waals surface area contributed by atoms with Gasteiger partial charge < -0.3 is 5.32 Å². The highest BCUT2D eigenvalue weighted by atomic mass is 35.5. The molecule has 0 aliphatic rings. The summed E-state index contributed by atoms with van der Waals surface area (Å²) in [7, 11) is 0. The predicted molar refractivity (Wildman–Crippen MR) is 64.2 cm³/mol. The lowest BCUT2D eigenvalue weighted by Crippen LogP contribution is -2.25. The monoisotopic (exact) mass is 227 g/mol. The fourth-order valence-corrected chi connectivity index (χ4v) is 1.84. The van der Waals surface area contributed by atoms with Crippen LogP contribution in [0.2, 0.25) is 5.15 Å². The van der Waals surface area contributed by atoms with Crippen LogP contribution in [0.1, 0.15) is 33.6 Å². The lowest BCUT2D eigenvalue weighted by molar-refractivity contribution is 0.437. The van der Waals surface area contributed by atoms with E-state index in [-0.39, 0.29) is 0 Å². The van der Waals surface area contributed by atoms with Gasteiger partial charge in [0.25, 0.3) is 0 Å². The number of hydrogen-bond donors (Lipinski definition) is 1. The molecule has 1 atom stereocenters. The van der Waals surface area contributed by atoms with Gasteiger partial charge in [0, 0.05) is 6.04 Å². The second kappa shape index (κ2) is 5.91. The van der Waals surface area contributed by atoms with Crippen molar-refractivity contribution in [2.24, 2.45) is 5.92 Å². The minimum absolute atomic E-state index is 0.412. The molecule has 0 aromatic carbocycles. The van der Waals surface area contributed by atoms with E-state index in [1.807, 2.05) is 6.07 Å². The second-order valence-corrected chi connectivity index (χ2v) is 4.14. The number of halogens is 1. The van der Waals surface area contributed by atoms with E-state index >= 15 is 0 Å². The van der Waals surface area contributed by atoms with E-state index in [2.05, 4.69) is 36.3 Å². The molecule has 1 rings (SSSR count). The van der Waals surface area contributed by atoms with E-state index in [1.54, 1.807) is 6.07 Å². The van der Waals surface area contributed by atoms with E-state index in [9.17, 15) is 0 Å². The summed E-state index contributed by atoms with van der Waals surface area (Å²) in [5, 5.41) is 11.5. The van der Waals surface area contributed by atoms with Crippen LogP contribution in [0.15, 0.2) is 12.1 Å². The Balaban J connectivity index is 2.57. The molecule has 0 aliphatic heterocycles. The molecule has 0 bridgehead atoms. The van der Waals surface area contributed by atoms with Crippen LogP contribution in [0, 0.1) is 5.92 Å². The van der Waals surface area contributed by atoms with Crippen LogP contribution in [0.4, 0.5) is 5.82 Å². The maximum Gasteiger partial charge on any atom is 0.151 e. The van der Waals surface area contributed by atoms with Crippen molar-refractivity contribution in [2.45, 2.75) is 39.7 Å². The molecule has 15 heavy (non-hydrogen) atoms. The zero-order chi connectivity index (χ0) is 11.3. The molecule has 3 nitrogen and oxygen atoms in total. The molecular formula is C11H18ClN3. The molecular weight excluding hydrogens is 210 g/mol. The highest BCUT2D eigenvalue weighted by Gasteiger charge is 2.13. The second-order valence-electron chi connectivity index (χ2n) is 3.75. The van der Waals surface area contributed by atoms with E-state index in [1.165, 1.54) is 12.8 Å². The molecule has 84 valence electrons. The summed E-state index contributed by atoms with van der Waals surface area (Å²) in [6.07, 6.45) is 2.34. The molecule has 4 heteroatoms. The lowest BCUT2D eigenvalue weighted by Gasteiger charge is -2.22. The topological polar surface area (TPSA) is 37.8 Å². The number of nitrogens with one attached hydrogen (secondary N) is 1. The molecule has 0 aliphatic carbocycles. The molecule has 0 radical (unpaired) electrons. The summed E-state index contributed by atoms with van der Waals surface area (Å²) in [6.45, 7) is 6.59. The van der Waals surface area contributed by atoms with Crippen LogP contribution in [-0.4, -0.2) is 16.2 Å². The molecule has 1 aromatic heterocycles. The number of rotatable bonds is 5. The van der Waals surface area contributed by atoms with Crippen LogP contribution in [-0.2, 0) is 0 Å². The number of aromatic nitrogens is 2. The molecule has 0 saturated heterocycles. The van der Waals surface area contributed by atoms with E-state index in [0.29, 0.717) is 17.1 Å². The fraction of sp³-hybridized carbons (Fsp3) is 0.636. The van der Waals surface area contributed by atoms with Gasteiger partial charge in [-0.3, -0.25) is 0 Å². The SMILES string of the molecule is CCC(CC)C(C)Nc1ccc(Cl)nn1. The first-order valence-corrected chi connectivity index (χ1v) is 5.80. The van der Waals surface area contributed by atoms with Crippen molar-refractivity contribution >= 4 is 17.4 Å². The van der Waals surface area contributed by atoms with Crippen LogP contribution in [0.25, 0.3) is 0 Å². The van der Waals surface area contributed by atoms with Gasteiger partial charge in [0.05, 0.1) is 0 Å². The molecule has 0 amide bonds. The Morgan fingerprint density at radius 2 is 1.93 bits per heavy atom. The summed E-state index contributed by atoms with van der Waals surface area (Å²) < 4.78 is 0. The molecule has 0 spiro atoms. The molecule has 1 aromatic rings. The normalized spacial score (nSPS) is 12.9. The maximum absolute atomic E-state index is 5.66. The Morgan fingerprint density at radius 1 is 1.27 bits per heavy atom. The zero-order valence-electron chi connectivity index (χ0n) is 9.50. The van der Waals surface area contributed by atoms with Gasteiger partial charge in [-0.15, -0.1) is 10.2 Å². The zero-order valence-corrected chi connectivity index (χ0v) is 10.3. The molecule has 1 heterocycles. The quantitative estimate of drug-likeness (QED) is 0.838.